The molecule has 1 aliphatic heterocycles. The number of carbonyl (C=O) groups excluding carboxylic acids is 1. The van der Waals surface area contributed by atoms with Crippen LogP contribution in [0.15, 0.2) is 54.9 Å². The van der Waals surface area contributed by atoms with E-state index in [9.17, 15) is 4.79 Å². The number of carbonyl (C=O) groups is 1. The highest BCUT2D eigenvalue weighted by atomic mass is 16.5. The van der Waals surface area contributed by atoms with Crippen LogP contribution >= 0.6 is 0 Å². The first-order chi connectivity index (χ1) is 17.3. The number of benzene rings is 2. The normalized spacial score (nSPS) is 13.7. The van der Waals surface area contributed by atoms with Crippen LogP contribution in [0.4, 0.5) is 17.2 Å². The quantitative estimate of drug-likeness (QED) is 0.349. The van der Waals surface area contributed by atoms with Crippen LogP contribution in [-0.2, 0) is 4.79 Å². The van der Waals surface area contributed by atoms with E-state index in [2.05, 4.69) is 37.9 Å². The lowest BCUT2D eigenvalue weighted by Gasteiger charge is -2.20. The summed E-state index contributed by atoms with van der Waals surface area (Å²) in [7, 11) is 0. The van der Waals surface area contributed by atoms with Crippen molar-refractivity contribution in [2.24, 2.45) is 0 Å². The van der Waals surface area contributed by atoms with Crippen LogP contribution in [0.5, 0.6) is 5.75 Å². The molecule has 1 amide bonds. The molecule has 9 heteroatoms. The number of hydrogen-bond acceptors (Lipinski definition) is 7. The molecule has 3 N–H and O–H groups in total. The third-order valence-corrected chi connectivity index (χ3v) is 5.89. The molecule has 0 unspecified atom stereocenters. The fourth-order valence-corrected chi connectivity index (χ4v) is 4.30. The van der Waals surface area contributed by atoms with Crippen molar-refractivity contribution in [3.8, 4) is 17.1 Å². The van der Waals surface area contributed by atoms with Crippen molar-refractivity contribution in [1.29, 1.82) is 0 Å². The monoisotopic (exact) mass is 485 g/mol. The van der Waals surface area contributed by atoms with Gasteiger partial charge in [-0.3, -0.25) is 9.89 Å². The number of amides is 1. The Morgan fingerprint density at radius 2 is 1.94 bits per heavy atom. The Labute approximate surface area is 210 Å². The lowest BCUT2D eigenvalue weighted by molar-refractivity contribution is -0.124. The SMILES string of the molecule is CC(C)(C)NC(=O)COc1cccc(-c2nc(Nc3cn[nH]c3)c3cc(N4CCCC4)ccc3n2)c1. The van der Waals surface area contributed by atoms with Gasteiger partial charge in [-0.25, -0.2) is 9.97 Å². The van der Waals surface area contributed by atoms with E-state index in [1.165, 1.54) is 18.5 Å². The molecule has 0 saturated carbocycles. The van der Waals surface area contributed by atoms with Crippen LogP contribution in [-0.4, -0.2) is 51.3 Å². The van der Waals surface area contributed by atoms with Crippen LogP contribution in [0.25, 0.3) is 22.3 Å². The number of H-pyrrole nitrogens is 1. The second-order valence-corrected chi connectivity index (χ2v) is 10.0. The van der Waals surface area contributed by atoms with Gasteiger partial charge in [0, 0.05) is 41.5 Å². The molecule has 1 saturated heterocycles. The third-order valence-electron chi connectivity index (χ3n) is 5.89. The van der Waals surface area contributed by atoms with Crippen molar-refractivity contribution >= 4 is 34.0 Å². The summed E-state index contributed by atoms with van der Waals surface area (Å²) >= 11 is 0. The maximum atomic E-state index is 12.2. The number of anilines is 3. The van der Waals surface area contributed by atoms with Gasteiger partial charge in [-0.15, -0.1) is 0 Å². The number of nitrogens with one attached hydrogen (secondary N) is 3. The maximum absolute atomic E-state index is 12.2. The number of hydrogen-bond donors (Lipinski definition) is 3. The number of nitrogens with zero attached hydrogens (tertiary/aromatic N) is 4. The van der Waals surface area contributed by atoms with E-state index in [1.807, 2.05) is 51.1 Å². The Hall–Kier alpha value is -4.14. The summed E-state index contributed by atoms with van der Waals surface area (Å²) in [6.07, 6.45) is 5.93. The Morgan fingerprint density at radius 1 is 1.11 bits per heavy atom. The minimum atomic E-state index is -0.311. The lowest BCUT2D eigenvalue weighted by atomic mass is 10.1. The summed E-state index contributed by atoms with van der Waals surface area (Å²) in [6, 6.07) is 13.8. The molecule has 0 radical (unpaired) electrons. The smallest absolute Gasteiger partial charge is 0.258 e. The Morgan fingerprint density at radius 3 is 2.69 bits per heavy atom. The molecule has 9 nitrogen and oxygen atoms in total. The molecular weight excluding hydrogens is 454 g/mol. The minimum Gasteiger partial charge on any atom is -0.484 e. The fraction of sp³-hybridized carbons (Fsp3) is 0.333. The highest BCUT2D eigenvalue weighted by molar-refractivity contribution is 5.94. The molecule has 0 bridgehead atoms. The fourth-order valence-electron chi connectivity index (χ4n) is 4.30. The van der Waals surface area contributed by atoms with E-state index in [4.69, 9.17) is 14.7 Å². The summed E-state index contributed by atoms with van der Waals surface area (Å²) in [6.45, 7) is 7.88. The van der Waals surface area contributed by atoms with E-state index in [0.717, 1.165) is 35.2 Å². The van der Waals surface area contributed by atoms with E-state index in [-0.39, 0.29) is 18.1 Å². The van der Waals surface area contributed by atoms with Gasteiger partial charge in [-0.05, 0) is 63.9 Å². The zero-order chi connectivity index (χ0) is 25.1. The minimum absolute atomic E-state index is 0.0636. The van der Waals surface area contributed by atoms with Crippen molar-refractivity contribution in [3.05, 3.63) is 54.9 Å². The van der Waals surface area contributed by atoms with E-state index in [1.54, 1.807) is 12.4 Å². The standard InChI is InChI=1S/C27H31N7O2/c1-27(2,3)33-24(35)17-36-21-8-6-7-18(13-21)25-31-23-10-9-20(34-11-4-5-12-34)14-22(23)26(32-25)30-19-15-28-29-16-19/h6-10,13-16H,4-5,11-12,17H2,1-3H3,(H,28,29)(H,33,35)(H,30,31,32). The van der Waals surface area contributed by atoms with Crippen LogP contribution in [0.3, 0.4) is 0 Å². The average Bonchev–Trinajstić information content (AvgIpc) is 3.56. The van der Waals surface area contributed by atoms with Gasteiger partial charge in [0.1, 0.15) is 11.6 Å². The topological polar surface area (TPSA) is 108 Å². The zero-order valence-corrected chi connectivity index (χ0v) is 20.8. The van der Waals surface area contributed by atoms with Gasteiger partial charge in [-0.2, -0.15) is 5.10 Å². The highest BCUT2D eigenvalue weighted by Crippen LogP contribution is 2.32. The molecule has 1 fully saturated rings. The van der Waals surface area contributed by atoms with Gasteiger partial charge >= 0.3 is 0 Å². The van der Waals surface area contributed by atoms with Gasteiger partial charge in [0.05, 0.1) is 17.4 Å². The molecule has 3 heterocycles. The van der Waals surface area contributed by atoms with Crippen molar-refractivity contribution in [2.75, 3.05) is 29.9 Å². The second kappa shape index (κ2) is 9.85. The molecular formula is C27H31N7O2. The van der Waals surface area contributed by atoms with Crippen molar-refractivity contribution in [1.82, 2.24) is 25.5 Å². The number of aromatic amines is 1. The summed E-state index contributed by atoms with van der Waals surface area (Å²) in [5.41, 5.74) is 3.31. The van der Waals surface area contributed by atoms with Gasteiger partial charge in [0.25, 0.3) is 5.91 Å². The van der Waals surface area contributed by atoms with Gasteiger partial charge in [-0.1, -0.05) is 12.1 Å². The summed E-state index contributed by atoms with van der Waals surface area (Å²) in [5, 5.41) is 14.1. The Kier molecular flexibility index (Phi) is 6.45. The first-order valence-corrected chi connectivity index (χ1v) is 12.2. The highest BCUT2D eigenvalue weighted by Gasteiger charge is 2.17. The molecule has 36 heavy (non-hydrogen) atoms. The summed E-state index contributed by atoms with van der Waals surface area (Å²) in [5.74, 6) is 1.67. The second-order valence-electron chi connectivity index (χ2n) is 10.0. The Bertz CT molecular complexity index is 1360. The van der Waals surface area contributed by atoms with Crippen LogP contribution in [0, 0.1) is 0 Å². The number of aromatic nitrogens is 4. The molecule has 0 atom stereocenters. The van der Waals surface area contributed by atoms with Crippen molar-refractivity contribution in [2.45, 2.75) is 39.2 Å². The molecule has 5 rings (SSSR count). The molecule has 1 aliphatic rings. The molecule has 2 aromatic heterocycles. The molecule has 2 aromatic carbocycles. The number of rotatable bonds is 7. The van der Waals surface area contributed by atoms with Crippen molar-refractivity contribution in [3.63, 3.8) is 0 Å². The van der Waals surface area contributed by atoms with E-state index in [0.29, 0.717) is 17.4 Å². The van der Waals surface area contributed by atoms with E-state index < -0.39 is 0 Å². The number of fused-ring (bicyclic) bond motifs is 1. The zero-order valence-electron chi connectivity index (χ0n) is 20.8. The van der Waals surface area contributed by atoms with Gasteiger partial charge < -0.3 is 20.3 Å². The third kappa shape index (κ3) is 5.56. The lowest BCUT2D eigenvalue weighted by Crippen LogP contribution is -2.43. The van der Waals surface area contributed by atoms with Crippen LogP contribution in [0.1, 0.15) is 33.6 Å². The average molecular weight is 486 g/mol. The van der Waals surface area contributed by atoms with Crippen LogP contribution in [0.2, 0.25) is 0 Å². The largest absolute Gasteiger partial charge is 0.484 e. The summed E-state index contributed by atoms with van der Waals surface area (Å²) in [4.78, 5) is 24.3. The first-order valence-electron chi connectivity index (χ1n) is 12.2. The van der Waals surface area contributed by atoms with Crippen molar-refractivity contribution < 1.29 is 9.53 Å². The first kappa shape index (κ1) is 23.6. The molecule has 186 valence electrons. The van der Waals surface area contributed by atoms with Gasteiger partial charge in [0.2, 0.25) is 0 Å². The maximum Gasteiger partial charge on any atom is 0.258 e. The number of ether oxygens (including phenoxy) is 1. The predicted octanol–water partition coefficient (Wildman–Crippen LogP) is 4.66. The van der Waals surface area contributed by atoms with E-state index >= 15 is 0 Å². The predicted molar refractivity (Wildman–Crippen MR) is 142 cm³/mol. The van der Waals surface area contributed by atoms with Crippen LogP contribution < -0.4 is 20.3 Å². The molecule has 0 spiro atoms. The molecule has 4 aromatic rings. The van der Waals surface area contributed by atoms with Gasteiger partial charge in [0.15, 0.2) is 12.4 Å². The summed E-state index contributed by atoms with van der Waals surface area (Å²) < 4.78 is 5.75. The Balaban J connectivity index is 1.46. The molecule has 0 aliphatic carbocycles.